The van der Waals surface area contributed by atoms with Crippen molar-refractivity contribution >= 4 is 0 Å². The van der Waals surface area contributed by atoms with E-state index in [1.807, 2.05) is 0 Å². The largest absolute Gasteiger partial charge is 0.375 e. The summed E-state index contributed by atoms with van der Waals surface area (Å²) in [5.41, 5.74) is 6.38. The highest BCUT2D eigenvalue weighted by atomic mass is 16.5. The minimum Gasteiger partial charge on any atom is -0.375 e. The second kappa shape index (κ2) is 4.77. The van der Waals surface area contributed by atoms with Gasteiger partial charge in [-0.15, -0.1) is 0 Å². The zero-order chi connectivity index (χ0) is 12.8. The molecule has 0 aromatic rings. The minimum absolute atomic E-state index is 0.0682. The molecular weight excluding hydrogens is 224 g/mol. The number of hydrogen-bond donors (Lipinski definition) is 1. The van der Waals surface area contributed by atoms with Crippen LogP contribution in [0.15, 0.2) is 0 Å². The molecule has 0 radical (unpaired) electrons. The number of hydrogen-bond acceptors (Lipinski definition) is 3. The van der Waals surface area contributed by atoms with E-state index in [1.54, 1.807) is 0 Å². The van der Waals surface area contributed by atoms with Crippen molar-refractivity contribution in [2.75, 3.05) is 19.7 Å². The second-order valence-corrected chi connectivity index (χ2v) is 7.23. The first-order chi connectivity index (χ1) is 8.55. The molecule has 0 spiro atoms. The van der Waals surface area contributed by atoms with Gasteiger partial charge in [0.15, 0.2) is 0 Å². The first-order valence-corrected chi connectivity index (χ1v) is 7.69. The van der Waals surface area contributed by atoms with Crippen LogP contribution in [0, 0.1) is 11.8 Å². The van der Waals surface area contributed by atoms with Crippen molar-refractivity contribution < 1.29 is 4.74 Å². The highest BCUT2D eigenvalue weighted by Gasteiger charge is 2.42. The SMILES string of the molecule is CC1(C)CC(N2CC3CCCC(N)C3C2)CCO1. The van der Waals surface area contributed by atoms with Crippen LogP contribution in [0.3, 0.4) is 0 Å². The van der Waals surface area contributed by atoms with Crippen molar-refractivity contribution in [2.45, 2.75) is 63.6 Å². The molecule has 0 amide bonds. The van der Waals surface area contributed by atoms with Gasteiger partial charge in [0.25, 0.3) is 0 Å². The van der Waals surface area contributed by atoms with Gasteiger partial charge >= 0.3 is 0 Å². The zero-order valence-corrected chi connectivity index (χ0v) is 11.9. The summed E-state index contributed by atoms with van der Waals surface area (Å²) in [7, 11) is 0. The van der Waals surface area contributed by atoms with Crippen LogP contribution in [-0.2, 0) is 4.74 Å². The van der Waals surface area contributed by atoms with E-state index in [0.29, 0.717) is 6.04 Å². The fraction of sp³-hybridized carbons (Fsp3) is 1.00. The van der Waals surface area contributed by atoms with E-state index in [0.717, 1.165) is 24.5 Å². The molecule has 3 aliphatic rings. The van der Waals surface area contributed by atoms with E-state index in [-0.39, 0.29) is 5.60 Å². The molecule has 1 aliphatic carbocycles. The molecule has 104 valence electrons. The van der Waals surface area contributed by atoms with Crippen LogP contribution in [0.2, 0.25) is 0 Å². The van der Waals surface area contributed by atoms with Gasteiger partial charge in [0.2, 0.25) is 0 Å². The van der Waals surface area contributed by atoms with Crippen molar-refractivity contribution in [1.82, 2.24) is 4.90 Å². The molecule has 3 nitrogen and oxygen atoms in total. The molecule has 3 fully saturated rings. The summed E-state index contributed by atoms with van der Waals surface area (Å²) in [4.78, 5) is 2.73. The Morgan fingerprint density at radius 3 is 2.72 bits per heavy atom. The second-order valence-electron chi connectivity index (χ2n) is 7.23. The summed E-state index contributed by atoms with van der Waals surface area (Å²) in [6.07, 6.45) is 6.38. The van der Waals surface area contributed by atoms with Gasteiger partial charge in [0, 0.05) is 31.8 Å². The molecule has 18 heavy (non-hydrogen) atoms. The Balaban J connectivity index is 1.64. The first kappa shape index (κ1) is 12.9. The lowest BCUT2D eigenvalue weighted by Crippen LogP contribution is -2.45. The molecule has 2 aliphatic heterocycles. The lowest BCUT2D eigenvalue weighted by atomic mass is 9.78. The normalized spacial score (nSPS) is 44.8. The van der Waals surface area contributed by atoms with Crippen LogP contribution in [0.1, 0.15) is 46.0 Å². The van der Waals surface area contributed by atoms with Crippen molar-refractivity contribution in [3.8, 4) is 0 Å². The fourth-order valence-corrected chi connectivity index (χ4v) is 4.36. The molecule has 4 unspecified atom stereocenters. The summed E-state index contributed by atoms with van der Waals surface area (Å²) >= 11 is 0. The summed E-state index contributed by atoms with van der Waals surface area (Å²) in [5.74, 6) is 1.64. The maximum absolute atomic E-state index is 6.31. The lowest BCUT2D eigenvalue weighted by molar-refractivity contribution is -0.0809. The highest BCUT2D eigenvalue weighted by molar-refractivity contribution is 4.96. The third-order valence-electron chi connectivity index (χ3n) is 5.37. The molecule has 1 saturated carbocycles. The van der Waals surface area contributed by atoms with E-state index >= 15 is 0 Å². The fourth-order valence-electron chi connectivity index (χ4n) is 4.36. The summed E-state index contributed by atoms with van der Waals surface area (Å²) in [6.45, 7) is 7.92. The van der Waals surface area contributed by atoms with Gasteiger partial charge < -0.3 is 10.5 Å². The average Bonchev–Trinajstić information content (AvgIpc) is 2.73. The molecule has 3 heteroatoms. The lowest BCUT2D eigenvalue weighted by Gasteiger charge is -2.40. The number of fused-ring (bicyclic) bond motifs is 1. The predicted molar refractivity (Wildman–Crippen MR) is 73.4 cm³/mol. The quantitative estimate of drug-likeness (QED) is 0.776. The smallest absolute Gasteiger partial charge is 0.0641 e. The number of likely N-dealkylation sites (tertiary alicyclic amines) is 1. The molecule has 3 rings (SSSR count). The van der Waals surface area contributed by atoms with Crippen molar-refractivity contribution in [3.05, 3.63) is 0 Å². The van der Waals surface area contributed by atoms with Gasteiger partial charge in [-0.05, 0) is 51.4 Å². The third-order valence-corrected chi connectivity index (χ3v) is 5.37. The summed E-state index contributed by atoms with van der Waals surface area (Å²) < 4.78 is 5.84. The van der Waals surface area contributed by atoms with E-state index in [1.165, 1.54) is 45.2 Å². The van der Waals surface area contributed by atoms with Gasteiger partial charge in [-0.2, -0.15) is 0 Å². The monoisotopic (exact) mass is 252 g/mol. The van der Waals surface area contributed by atoms with Crippen molar-refractivity contribution in [3.63, 3.8) is 0 Å². The molecule has 0 bridgehead atoms. The Labute approximate surface area is 111 Å². The summed E-state index contributed by atoms with van der Waals surface area (Å²) in [6, 6.07) is 1.19. The predicted octanol–water partition coefficient (Wildman–Crippen LogP) is 2.00. The minimum atomic E-state index is 0.0682. The Morgan fingerprint density at radius 2 is 2.00 bits per heavy atom. The third kappa shape index (κ3) is 2.45. The molecule has 0 aromatic heterocycles. The molecular formula is C15H28N2O. The Kier molecular flexibility index (Phi) is 3.41. The molecule has 2 heterocycles. The van der Waals surface area contributed by atoms with Crippen LogP contribution < -0.4 is 5.73 Å². The number of nitrogens with zero attached hydrogens (tertiary/aromatic N) is 1. The van der Waals surface area contributed by atoms with Crippen LogP contribution in [0.4, 0.5) is 0 Å². The first-order valence-electron chi connectivity index (χ1n) is 7.69. The summed E-state index contributed by atoms with van der Waals surface area (Å²) in [5, 5.41) is 0. The Morgan fingerprint density at radius 1 is 1.17 bits per heavy atom. The molecule has 4 atom stereocenters. The van der Waals surface area contributed by atoms with Crippen LogP contribution in [0.5, 0.6) is 0 Å². The van der Waals surface area contributed by atoms with E-state index in [9.17, 15) is 0 Å². The average molecular weight is 252 g/mol. The molecule has 2 saturated heterocycles. The number of ether oxygens (including phenoxy) is 1. The topological polar surface area (TPSA) is 38.5 Å². The molecule has 0 aromatic carbocycles. The van der Waals surface area contributed by atoms with E-state index in [4.69, 9.17) is 10.5 Å². The Bertz CT molecular complexity index is 305. The van der Waals surface area contributed by atoms with Gasteiger partial charge in [-0.25, -0.2) is 0 Å². The zero-order valence-electron chi connectivity index (χ0n) is 11.9. The van der Waals surface area contributed by atoms with Gasteiger partial charge in [-0.1, -0.05) is 6.42 Å². The number of nitrogens with two attached hydrogens (primary N) is 1. The van der Waals surface area contributed by atoms with Crippen LogP contribution in [-0.4, -0.2) is 42.3 Å². The number of rotatable bonds is 1. The Hall–Kier alpha value is -0.120. The van der Waals surface area contributed by atoms with Crippen molar-refractivity contribution in [2.24, 2.45) is 17.6 Å². The van der Waals surface area contributed by atoms with E-state index in [2.05, 4.69) is 18.7 Å². The van der Waals surface area contributed by atoms with Crippen LogP contribution >= 0.6 is 0 Å². The maximum atomic E-state index is 6.31. The standard InChI is InChI=1S/C15H28N2O/c1-15(2)8-12(6-7-18-15)17-9-11-4-3-5-14(16)13(11)10-17/h11-14H,3-10,16H2,1-2H3. The van der Waals surface area contributed by atoms with Gasteiger partial charge in [0.05, 0.1) is 5.60 Å². The van der Waals surface area contributed by atoms with Gasteiger partial charge in [-0.3, -0.25) is 4.90 Å². The van der Waals surface area contributed by atoms with E-state index < -0.39 is 0 Å². The van der Waals surface area contributed by atoms with Crippen LogP contribution in [0.25, 0.3) is 0 Å². The van der Waals surface area contributed by atoms with Crippen molar-refractivity contribution in [1.29, 1.82) is 0 Å². The van der Waals surface area contributed by atoms with Gasteiger partial charge in [0.1, 0.15) is 0 Å². The molecule has 2 N–H and O–H groups in total. The highest BCUT2D eigenvalue weighted by Crippen LogP contribution is 2.38. The maximum Gasteiger partial charge on any atom is 0.0641 e.